The molecular formula is C12H24N2O2. The zero-order valence-electron chi connectivity index (χ0n) is 10.7. The van der Waals surface area contributed by atoms with Crippen LogP contribution in [0.3, 0.4) is 0 Å². The monoisotopic (exact) mass is 228 g/mol. The minimum absolute atomic E-state index is 0.0577. The Bertz CT molecular complexity index is 232. The van der Waals surface area contributed by atoms with Crippen molar-refractivity contribution < 1.29 is 9.53 Å². The molecule has 0 aliphatic heterocycles. The number of nitrogens with two attached hydrogens (primary N) is 1. The van der Waals surface area contributed by atoms with Crippen molar-refractivity contribution >= 4 is 6.09 Å². The van der Waals surface area contributed by atoms with E-state index < -0.39 is 11.7 Å². The highest BCUT2D eigenvalue weighted by molar-refractivity contribution is 5.68. The summed E-state index contributed by atoms with van der Waals surface area (Å²) in [4.78, 5) is 11.4. The lowest BCUT2D eigenvalue weighted by atomic mass is 10.2. The van der Waals surface area contributed by atoms with Crippen molar-refractivity contribution in [1.82, 2.24) is 5.32 Å². The predicted octanol–water partition coefficient (Wildman–Crippen LogP) is 2.19. The zero-order valence-corrected chi connectivity index (χ0v) is 10.7. The van der Waals surface area contributed by atoms with Gasteiger partial charge in [-0.25, -0.2) is 4.79 Å². The molecule has 0 aliphatic carbocycles. The molecule has 0 heterocycles. The van der Waals surface area contributed by atoms with E-state index in [0.717, 1.165) is 12.8 Å². The molecule has 0 bridgehead atoms. The van der Waals surface area contributed by atoms with E-state index in [1.165, 1.54) is 0 Å². The first kappa shape index (κ1) is 15.0. The number of amides is 1. The van der Waals surface area contributed by atoms with Crippen LogP contribution < -0.4 is 11.1 Å². The summed E-state index contributed by atoms with van der Waals surface area (Å²) < 4.78 is 5.15. The first-order valence-electron chi connectivity index (χ1n) is 5.73. The van der Waals surface area contributed by atoms with Crippen molar-refractivity contribution in [3.05, 3.63) is 12.2 Å². The van der Waals surface area contributed by atoms with Gasteiger partial charge in [-0.1, -0.05) is 19.1 Å². The molecule has 0 aromatic carbocycles. The highest BCUT2D eigenvalue weighted by Gasteiger charge is 2.18. The van der Waals surface area contributed by atoms with Crippen LogP contribution in [0.5, 0.6) is 0 Å². The number of alkyl carbamates (subject to hydrolysis) is 1. The lowest BCUT2D eigenvalue weighted by Crippen LogP contribution is -2.42. The van der Waals surface area contributed by atoms with Gasteiger partial charge in [-0.15, -0.1) is 0 Å². The van der Waals surface area contributed by atoms with Gasteiger partial charge in [0.25, 0.3) is 0 Å². The van der Waals surface area contributed by atoms with E-state index in [4.69, 9.17) is 10.5 Å². The molecule has 0 aromatic heterocycles. The Kier molecular flexibility index (Phi) is 6.81. The molecule has 1 atom stereocenters. The second kappa shape index (κ2) is 7.28. The van der Waals surface area contributed by atoms with Crippen LogP contribution >= 0.6 is 0 Å². The van der Waals surface area contributed by atoms with E-state index in [1.54, 1.807) is 0 Å². The van der Waals surface area contributed by atoms with E-state index >= 15 is 0 Å². The molecule has 0 aliphatic rings. The lowest BCUT2D eigenvalue weighted by molar-refractivity contribution is 0.0506. The van der Waals surface area contributed by atoms with Crippen LogP contribution in [0.25, 0.3) is 0 Å². The van der Waals surface area contributed by atoms with Crippen LogP contribution in [0, 0.1) is 0 Å². The summed E-state index contributed by atoms with van der Waals surface area (Å²) in [5, 5.41) is 2.74. The van der Waals surface area contributed by atoms with Crippen molar-refractivity contribution in [2.75, 3.05) is 6.54 Å². The first-order valence-corrected chi connectivity index (χ1v) is 5.73. The lowest BCUT2D eigenvalue weighted by Gasteiger charge is -2.22. The number of hydrogen-bond donors (Lipinski definition) is 2. The summed E-state index contributed by atoms with van der Waals surface area (Å²) in [6.45, 7) is 7.98. The third kappa shape index (κ3) is 8.29. The quantitative estimate of drug-likeness (QED) is 0.709. The number of ether oxygens (including phenoxy) is 1. The number of rotatable bonds is 5. The molecule has 0 saturated heterocycles. The van der Waals surface area contributed by atoms with Gasteiger partial charge >= 0.3 is 6.09 Å². The largest absolute Gasteiger partial charge is 0.444 e. The standard InChI is InChI=1S/C12H24N2O2/c1-5-6-7-8-10(9-13)14-11(15)16-12(2,3)4/h6-7,10H,5,8-9,13H2,1-4H3,(H,14,15)/b7-6+. The van der Waals surface area contributed by atoms with E-state index in [2.05, 4.69) is 18.3 Å². The summed E-state index contributed by atoms with van der Waals surface area (Å²) in [6.07, 6.45) is 5.40. The van der Waals surface area contributed by atoms with Gasteiger partial charge in [0.15, 0.2) is 0 Å². The van der Waals surface area contributed by atoms with E-state index in [0.29, 0.717) is 6.54 Å². The molecule has 0 saturated carbocycles. The Hall–Kier alpha value is -1.03. The van der Waals surface area contributed by atoms with Gasteiger partial charge in [0.2, 0.25) is 0 Å². The van der Waals surface area contributed by atoms with Crippen molar-refractivity contribution in [2.45, 2.75) is 52.2 Å². The first-order chi connectivity index (χ1) is 7.39. The van der Waals surface area contributed by atoms with Gasteiger partial charge in [-0.05, 0) is 33.6 Å². The summed E-state index contributed by atoms with van der Waals surface area (Å²) >= 11 is 0. The van der Waals surface area contributed by atoms with Crippen LogP contribution in [0.1, 0.15) is 40.5 Å². The van der Waals surface area contributed by atoms with Crippen LogP contribution in [0.15, 0.2) is 12.2 Å². The van der Waals surface area contributed by atoms with Gasteiger partial charge in [-0.2, -0.15) is 0 Å². The molecule has 0 rings (SSSR count). The average Bonchev–Trinajstić information content (AvgIpc) is 2.13. The Morgan fingerprint density at radius 2 is 2.06 bits per heavy atom. The highest BCUT2D eigenvalue weighted by atomic mass is 16.6. The van der Waals surface area contributed by atoms with Crippen molar-refractivity contribution in [3.8, 4) is 0 Å². The van der Waals surface area contributed by atoms with E-state index in [-0.39, 0.29) is 6.04 Å². The predicted molar refractivity (Wildman–Crippen MR) is 66.3 cm³/mol. The molecule has 4 heteroatoms. The fourth-order valence-corrected chi connectivity index (χ4v) is 1.12. The molecular weight excluding hydrogens is 204 g/mol. The molecule has 94 valence electrons. The molecule has 0 spiro atoms. The molecule has 1 amide bonds. The number of allylic oxidation sites excluding steroid dienone is 1. The fourth-order valence-electron chi connectivity index (χ4n) is 1.12. The van der Waals surface area contributed by atoms with Crippen LogP contribution in [-0.2, 0) is 4.74 Å². The van der Waals surface area contributed by atoms with Gasteiger partial charge in [0, 0.05) is 12.6 Å². The van der Waals surface area contributed by atoms with Crippen LogP contribution in [0.4, 0.5) is 4.79 Å². The Morgan fingerprint density at radius 3 is 2.50 bits per heavy atom. The number of nitrogens with one attached hydrogen (secondary N) is 1. The maximum atomic E-state index is 11.4. The minimum Gasteiger partial charge on any atom is -0.444 e. The Balaban J connectivity index is 4.02. The summed E-state index contributed by atoms with van der Waals surface area (Å²) in [5.41, 5.74) is 5.09. The average molecular weight is 228 g/mol. The molecule has 16 heavy (non-hydrogen) atoms. The third-order valence-electron chi connectivity index (χ3n) is 1.83. The fraction of sp³-hybridized carbons (Fsp3) is 0.750. The van der Waals surface area contributed by atoms with Crippen LogP contribution in [0.2, 0.25) is 0 Å². The molecule has 1 unspecified atom stereocenters. The van der Waals surface area contributed by atoms with Crippen LogP contribution in [-0.4, -0.2) is 24.3 Å². The van der Waals surface area contributed by atoms with E-state index in [9.17, 15) is 4.79 Å². The summed E-state index contributed by atoms with van der Waals surface area (Å²) in [6, 6.07) is -0.0577. The van der Waals surface area contributed by atoms with Gasteiger partial charge in [-0.3, -0.25) is 0 Å². The second-order valence-electron chi connectivity index (χ2n) is 4.69. The topological polar surface area (TPSA) is 64.3 Å². The molecule has 0 aromatic rings. The second-order valence-corrected chi connectivity index (χ2v) is 4.69. The Labute approximate surface area is 98.2 Å². The smallest absolute Gasteiger partial charge is 0.407 e. The molecule has 3 N–H and O–H groups in total. The minimum atomic E-state index is -0.470. The summed E-state index contributed by atoms with van der Waals surface area (Å²) in [7, 11) is 0. The third-order valence-corrected chi connectivity index (χ3v) is 1.83. The van der Waals surface area contributed by atoms with Crippen molar-refractivity contribution in [2.24, 2.45) is 5.73 Å². The number of carbonyl (C=O) groups is 1. The Morgan fingerprint density at radius 1 is 1.44 bits per heavy atom. The zero-order chi connectivity index (χ0) is 12.6. The highest BCUT2D eigenvalue weighted by Crippen LogP contribution is 2.07. The number of carbonyl (C=O) groups excluding carboxylic acids is 1. The van der Waals surface area contributed by atoms with Crippen molar-refractivity contribution in [1.29, 1.82) is 0 Å². The van der Waals surface area contributed by atoms with Gasteiger partial charge in [0.05, 0.1) is 0 Å². The maximum absolute atomic E-state index is 11.4. The SMILES string of the molecule is CC/C=C/CC(CN)NC(=O)OC(C)(C)C. The van der Waals surface area contributed by atoms with E-state index in [1.807, 2.05) is 26.8 Å². The van der Waals surface area contributed by atoms with Gasteiger partial charge < -0.3 is 15.8 Å². The number of hydrogen-bond acceptors (Lipinski definition) is 3. The molecule has 4 nitrogen and oxygen atoms in total. The van der Waals surface area contributed by atoms with Gasteiger partial charge in [0.1, 0.15) is 5.60 Å². The van der Waals surface area contributed by atoms with Crippen molar-refractivity contribution in [3.63, 3.8) is 0 Å². The molecule has 0 fully saturated rings. The maximum Gasteiger partial charge on any atom is 0.407 e. The summed E-state index contributed by atoms with van der Waals surface area (Å²) in [5.74, 6) is 0. The molecule has 0 radical (unpaired) electrons. The normalized spacial score (nSPS) is 13.8.